The van der Waals surface area contributed by atoms with E-state index in [4.69, 9.17) is 5.73 Å². The van der Waals surface area contributed by atoms with Crippen LogP contribution in [0, 0.1) is 0 Å². The molecule has 0 fully saturated rings. The number of fused-ring (bicyclic) bond motifs is 9. The number of nitrogens with one attached hydrogen (secondary N) is 1. The number of thiophene rings is 1. The molecular weight excluding hydrogens is 665 g/mol. The predicted octanol–water partition coefficient (Wildman–Crippen LogP) is 11.8. The Hall–Kier alpha value is -5.56. The normalized spacial score (nSPS) is 14.0. The molecule has 53 heavy (non-hydrogen) atoms. The lowest BCUT2D eigenvalue weighted by atomic mass is 9.81. The first-order valence-corrected chi connectivity index (χ1v) is 19.2. The first-order valence-electron chi connectivity index (χ1n) is 18.4. The van der Waals surface area contributed by atoms with Crippen LogP contribution >= 0.6 is 11.3 Å². The van der Waals surface area contributed by atoms with Crippen LogP contribution in [0.2, 0.25) is 0 Å². The average Bonchev–Trinajstić information content (AvgIpc) is 3.80. The zero-order chi connectivity index (χ0) is 35.7. The third-order valence-electron chi connectivity index (χ3n) is 11.3. The van der Waals surface area contributed by atoms with Crippen LogP contribution in [0.4, 0.5) is 0 Å². The molecule has 0 radical (unpaired) electrons. The Kier molecular flexibility index (Phi) is 7.60. The highest BCUT2D eigenvalue weighted by atomic mass is 32.1. The molecule has 0 spiro atoms. The molecule has 0 bridgehead atoms. The average molecular weight is 705 g/mol. The van der Waals surface area contributed by atoms with E-state index in [2.05, 4.69) is 168 Å². The molecule has 0 amide bonds. The van der Waals surface area contributed by atoms with Crippen LogP contribution in [0.1, 0.15) is 42.3 Å². The maximum atomic E-state index is 6.80. The minimum absolute atomic E-state index is 0.157. The Labute approximate surface area is 313 Å². The lowest BCUT2D eigenvalue weighted by Gasteiger charge is -2.28. The number of rotatable bonds is 8. The lowest BCUT2D eigenvalue weighted by Crippen LogP contribution is -2.44. The van der Waals surface area contributed by atoms with Crippen LogP contribution in [0.3, 0.4) is 0 Å². The Morgan fingerprint density at radius 2 is 1.32 bits per heavy atom. The zero-order valence-electron chi connectivity index (χ0n) is 29.9. The Morgan fingerprint density at radius 1 is 0.623 bits per heavy atom. The van der Waals surface area contributed by atoms with Crippen LogP contribution in [-0.4, -0.2) is 9.58 Å². The van der Waals surface area contributed by atoms with Gasteiger partial charge in [-0.25, -0.2) is 10.4 Å². The van der Waals surface area contributed by atoms with Crippen molar-refractivity contribution in [3.8, 4) is 22.3 Å². The van der Waals surface area contributed by atoms with Crippen molar-refractivity contribution in [3.63, 3.8) is 0 Å². The molecule has 0 aliphatic heterocycles. The summed E-state index contributed by atoms with van der Waals surface area (Å²) in [5.41, 5.74) is 23.0. The third kappa shape index (κ3) is 5.31. The second kappa shape index (κ2) is 12.5. The summed E-state index contributed by atoms with van der Waals surface area (Å²) in [5, 5.41) is 7.47. The zero-order valence-corrected chi connectivity index (χ0v) is 30.7. The van der Waals surface area contributed by atoms with Gasteiger partial charge >= 0.3 is 0 Å². The van der Waals surface area contributed by atoms with Crippen LogP contribution in [-0.2, 0) is 18.6 Å². The molecule has 1 atom stereocenters. The van der Waals surface area contributed by atoms with Gasteiger partial charge in [0.15, 0.2) is 0 Å². The molecule has 0 saturated heterocycles. The first kappa shape index (κ1) is 32.1. The van der Waals surface area contributed by atoms with E-state index in [1.807, 2.05) is 29.5 Å². The molecular formula is C48H40N4S. The van der Waals surface area contributed by atoms with Gasteiger partial charge in [0, 0.05) is 42.9 Å². The molecule has 1 aliphatic carbocycles. The number of hydrazine groups is 1. The van der Waals surface area contributed by atoms with E-state index in [9.17, 15) is 0 Å². The summed E-state index contributed by atoms with van der Waals surface area (Å²) in [5.74, 6) is 0. The van der Waals surface area contributed by atoms with Gasteiger partial charge in [0.25, 0.3) is 0 Å². The summed E-state index contributed by atoms with van der Waals surface area (Å²) < 4.78 is 5.15. The van der Waals surface area contributed by atoms with Crippen LogP contribution in [0.25, 0.3) is 64.2 Å². The number of hydrogen-bond acceptors (Lipinski definition) is 4. The van der Waals surface area contributed by atoms with Crippen LogP contribution in [0.15, 0.2) is 158 Å². The van der Waals surface area contributed by atoms with E-state index >= 15 is 0 Å². The molecule has 7 aromatic carbocycles. The van der Waals surface area contributed by atoms with Gasteiger partial charge in [0.05, 0.1) is 23.9 Å². The lowest BCUT2D eigenvalue weighted by molar-refractivity contribution is 0.112. The first-order chi connectivity index (χ1) is 25.9. The summed E-state index contributed by atoms with van der Waals surface area (Å²) in [7, 11) is 0. The molecule has 10 rings (SSSR count). The summed E-state index contributed by atoms with van der Waals surface area (Å²) in [6.07, 6.45) is -0.350. The number of para-hydroxylation sites is 1. The molecule has 4 nitrogen and oxygen atoms in total. The van der Waals surface area contributed by atoms with Gasteiger partial charge < -0.3 is 10.3 Å². The van der Waals surface area contributed by atoms with Gasteiger partial charge in [-0.2, -0.15) is 0 Å². The highest BCUT2D eigenvalue weighted by Crippen LogP contribution is 2.52. The topological polar surface area (TPSA) is 46.2 Å². The van der Waals surface area contributed by atoms with Crippen molar-refractivity contribution >= 4 is 53.3 Å². The minimum atomic E-state index is -0.350. The molecule has 5 heteroatoms. The second-order valence-electron chi connectivity index (χ2n) is 14.9. The number of hydrogen-bond donors (Lipinski definition) is 2. The van der Waals surface area contributed by atoms with Gasteiger partial charge in [0.1, 0.15) is 0 Å². The number of nitrogens with zero attached hydrogens (tertiary/aromatic N) is 2. The summed E-state index contributed by atoms with van der Waals surface area (Å²) >= 11 is 1.90. The molecule has 0 saturated carbocycles. The van der Waals surface area contributed by atoms with E-state index in [0.29, 0.717) is 13.2 Å². The monoisotopic (exact) mass is 704 g/mol. The number of benzene rings is 7. The summed E-state index contributed by atoms with van der Waals surface area (Å²) in [4.78, 5) is 0. The number of aromatic nitrogens is 1. The van der Waals surface area contributed by atoms with Crippen LogP contribution < -0.4 is 11.2 Å². The maximum absolute atomic E-state index is 6.80. The predicted molar refractivity (Wildman–Crippen MR) is 224 cm³/mol. The molecule has 3 N–H and O–H groups in total. The Bertz CT molecular complexity index is 2810. The third-order valence-corrected chi connectivity index (χ3v) is 12.5. The summed E-state index contributed by atoms with van der Waals surface area (Å²) in [6, 6.07) is 57.3. The SMILES string of the molecule is CC1(C)c2cc(-c3cccc4c3sc3ccccc34)ccc2-c2cc3c(cc21)c1ccccc1n3CN(Cc1ccccc1)NC(N)c1ccccc1. The molecule has 1 unspecified atom stereocenters. The van der Waals surface area contributed by atoms with Crippen molar-refractivity contribution < 1.29 is 0 Å². The quantitative estimate of drug-likeness (QED) is 0.122. The smallest absolute Gasteiger partial charge is 0.0941 e. The largest absolute Gasteiger partial charge is 0.326 e. The highest BCUT2D eigenvalue weighted by Gasteiger charge is 2.37. The van der Waals surface area contributed by atoms with E-state index in [1.54, 1.807) is 0 Å². The fraction of sp³-hybridized carbons (Fsp3) is 0.125. The van der Waals surface area contributed by atoms with Crippen molar-refractivity contribution in [2.75, 3.05) is 0 Å². The minimum Gasteiger partial charge on any atom is -0.326 e. The fourth-order valence-electron chi connectivity index (χ4n) is 8.61. The molecule has 9 aromatic rings. The van der Waals surface area contributed by atoms with E-state index in [0.717, 1.165) is 5.56 Å². The fourth-order valence-corrected chi connectivity index (χ4v) is 9.85. The standard InChI is InChI=1S/C48H40N4S/c1-48(2)41-26-33(34-20-13-21-38-37-19-10-12-23-45(37)53-46(34)38)24-25-35(41)39-28-44-40(27-42(39)48)36-18-9-11-22-43(36)52(44)30-51(29-31-14-5-3-6-15-31)50-47(49)32-16-7-4-8-17-32/h3-28,47,50H,29-30,49H2,1-2H3. The molecule has 2 aromatic heterocycles. The van der Waals surface area contributed by atoms with E-state index in [-0.39, 0.29) is 11.6 Å². The van der Waals surface area contributed by atoms with Crippen molar-refractivity contribution in [1.82, 2.24) is 15.0 Å². The Morgan fingerprint density at radius 3 is 2.15 bits per heavy atom. The second-order valence-corrected chi connectivity index (χ2v) is 15.9. The van der Waals surface area contributed by atoms with E-state index < -0.39 is 0 Å². The van der Waals surface area contributed by atoms with E-state index in [1.165, 1.54) is 80.9 Å². The summed E-state index contributed by atoms with van der Waals surface area (Å²) in [6.45, 7) is 6.10. The Balaban J connectivity index is 1.09. The van der Waals surface area contributed by atoms with Gasteiger partial charge in [-0.3, -0.25) is 0 Å². The van der Waals surface area contributed by atoms with Crippen LogP contribution in [0.5, 0.6) is 0 Å². The highest BCUT2D eigenvalue weighted by molar-refractivity contribution is 7.26. The number of nitrogens with two attached hydrogens (primary N) is 1. The van der Waals surface area contributed by atoms with Gasteiger partial charge in [-0.1, -0.05) is 141 Å². The molecule has 258 valence electrons. The molecule has 1 aliphatic rings. The molecule has 2 heterocycles. The maximum Gasteiger partial charge on any atom is 0.0941 e. The van der Waals surface area contributed by atoms with Gasteiger partial charge in [0.2, 0.25) is 0 Å². The van der Waals surface area contributed by atoms with Gasteiger partial charge in [-0.05, 0) is 74.8 Å². The van der Waals surface area contributed by atoms with Crippen molar-refractivity contribution in [2.24, 2.45) is 5.73 Å². The van der Waals surface area contributed by atoms with Crippen molar-refractivity contribution in [2.45, 2.75) is 38.6 Å². The van der Waals surface area contributed by atoms with Gasteiger partial charge in [-0.15, -0.1) is 11.3 Å². The van der Waals surface area contributed by atoms with Crippen molar-refractivity contribution in [3.05, 3.63) is 180 Å². The van der Waals surface area contributed by atoms with Crippen molar-refractivity contribution in [1.29, 1.82) is 0 Å².